The highest BCUT2D eigenvalue weighted by atomic mass is 127. The maximum Gasteiger partial charge on any atom is 0.321 e. The molecule has 26 heavy (non-hydrogen) atoms. The molecule has 0 amide bonds. The molecule has 0 spiro atoms. The molecule has 0 aliphatic carbocycles. The fourth-order valence-corrected chi connectivity index (χ4v) is 3.49. The van der Waals surface area contributed by atoms with E-state index >= 15 is 0 Å². The van der Waals surface area contributed by atoms with E-state index in [1.165, 1.54) is 6.92 Å². The summed E-state index contributed by atoms with van der Waals surface area (Å²) in [6.07, 6.45) is 1.24. The molecular formula is C19H34INO5. The number of nitrogens with zero attached hydrogens (tertiary/aromatic N) is 1. The summed E-state index contributed by atoms with van der Waals surface area (Å²) >= 11 is 2.02. The van der Waals surface area contributed by atoms with Crippen LogP contribution in [0.4, 0.5) is 0 Å². The van der Waals surface area contributed by atoms with Gasteiger partial charge in [0.05, 0.1) is 12.7 Å². The van der Waals surface area contributed by atoms with Crippen LogP contribution in [-0.2, 0) is 23.8 Å². The summed E-state index contributed by atoms with van der Waals surface area (Å²) < 4.78 is 16.0. The summed E-state index contributed by atoms with van der Waals surface area (Å²) in [7, 11) is 2.14. The number of hydrogen-bond donors (Lipinski definition) is 0. The number of hydrogen-bond acceptors (Lipinski definition) is 6. The lowest BCUT2D eigenvalue weighted by Crippen LogP contribution is -2.60. The number of carbonyl (C=O) groups excluding carboxylic acids is 2. The molecule has 1 saturated heterocycles. The number of likely N-dealkylation sites (tertiary alicyclic amines) is 1. The normalized spacial score (nSPS) is 21.9. The smallest absolute Gasteiger partial charge is 0.321 e. The van der Waals surface area contributed by atoms with Crippen LogP contribution in [0, 0.1) is 0 Å². The molecule has 0 saturated carbocycles. The van der Waals surface area contributed by atoms with Crippen LogP contribution in [0.3, 0.4) is 0 Å². The van der Waals surface area contributed by atoms with Crippen LogP contribution in [0.1, 0.15) is 61.3 Å². The van der Waals surface area contributed by atoms with E-state index in [0.717, 1.165) is 12.8 Å². The Hall–Kier alpha value is -0.410. The zero-order valence-corrected chi connectivity index (χ0v) is 19.5. The van der Waals surface area contributed by atoms with Gasteiger partial charge in [-0.1, -0.05) is 22.6 Å². The van der Waals surface area contributed by atoms with Crippen LogP contribution in [0.5, 0.6) is 0 Å². The first-order valence-corrected chi connectivity index (χ1v) is 10.1. The molecule has 1 aliphatic rings. The second-order valence-electron chi connectivity index (χ2n) is 8.85. The molecule has 6 nitrogen and oxygen atoms in total. The van der Waals surface area contributed by atoms with Gasteiger partial charge in [0.2, 0.25) is 0 Å². The van der Waals surface area contributed by atoms with Gasteiger partial charge in [-0.25, -0.2) is 0 Å². The number of carbonyl (C=O) groups is 2. The van der Waals surface area contributed by atoms with Crippen LogP contribution in [0.15, 0.2) is 0 Å². The van der Waals surface area contributed by atoms with Crippen molar-refractivity contribution in [1.29, 1.82) is 0 Å². The third-order valence-electron chi connectivity index (χ3n) is 5.01. The monoisotopic (exact) mass is 483 g/mol. The molecular weight excluding hydrogens is 449 g/mol. The van der Waals surface area contributed by atoms with Gasteiger partial charge in [0.1, 0.15) is 10.0 Å². The molecule has 0 aromatic heterocycles. The van der Waals surface area contributed by atoms with Crippen molar-refractivity contribution in [2.45, 2.75) is 88.0 Å². The van der Waals surface area contributed by atoms with Gasteiger partial charge in [-0.3, -0.25) is 14.5 Å². The topological polar surface area (TPSA) is 65.1 Å². The summed E-state index contributed by atoms with van der Waals surface area (Å²) in [5, 5.41) is 0. The average molecular weight is 483 g/mol. The van der Waals surface area contributed by atoms with E-state index in [1.54, 1.807) is 13.8 Å². The quantitative estimate of drug-likeness (QED) is 0.315. The second-order valence-corrected chi connectivity index (χ2v) is 11.5. The largest absolute Gasteiger partial charge is 0.461 e. The first kappa shape index (κ1) is 23.6. The highest BCUT2D eigenvalue weighted by Crippen LogP contribution is 2.38. The summed E-state index contributed by atoms with van der Waals surface area (Å²) in [6, 6.07) is 0. The number of rotatable bonds is 7. The fourth-order valence-electron chi connectivity index (χ4n) is 3.33. The Labute approximate surface area is 171 Å². The molecule has 0 radical (unpaired) electrons. The van der Waals surface area contributed by atoms with Crippen molar-refractivity contribution in [2.24, 2.45) is 0 Å². The first-order valence-electron chi connectivity index (χ1n) is 9.04. The Morgan fingerprint density at radius 2 is 1.65 bits per heavy atom. The Bertz CT molecular complexity index is 495. The Morgan fingerprint density at radius 3 is 2.08 bits per heavy atom. The predicted molar refractivity (Wildman–Crippen MR) is 110 cm³/mol. The van der Waals surface area contributed by atoms with Gasteiger partial charge in [0.25, 0.3) is 0 Å². The van der Waals surface area contributed by atoms with Crippen molar-refractivity contribution >= 4 is 34.5 Å². The van der Waals surface area contributed by atoms with Crippen molar-refractivity contribution in [3.63, 3.8) is 0 Å². The third kappa shape index (κ3) is 6.96. The number of ether oxygens (including phenoxy) is 3. The predicted octanol–water partition coefficient (Wildman–Crippen LogP) is 3.34. The lowest BCUT2D eigenvalue weighted by atomic mass is 9.79. The van der Waals surface area contributed by atoms with Crippen LogP contribution < -0.4 is 0 Å². The summed E-state index contributed by atoms with van der Waals surface area (Å²) in [4.78, 5) is 25.7. The molecule has 0 bridgehead atoms. The number of alkyl halides is 1. The lowest BCUT2D eigenvalue weighted by Gasteiger charge is -2.53. The van der Waals surface area contributed by atoms with Gasteiger partial charge in [-0.2, -0.15) is 0 Å². The second kappa shape index (κ2) is 8.73. The molecule has 0 N–H and O–H groups in total. The highest BCUT2D eigenvalue weighted by Gasteiger charge is 2.43. The molecule has 1 atom stereocenters. The minimum atomic E-state index is -0.624. The van der Waals surface area contributed by atoms with Crippen molar-refractivity contribution in [2.75, 3.05) is 20.3 Å². The molecule has 152 valence electrons. The van der Waals surface area contributed by atoms with Gasteiger partial charge < -0.3 is 14.2 Å². The van der Waals surface area contributed by atoms with Crippen LogP contribution in [-0.4, -0.2) is 63.8 Å². The van der Waals surface area contributed by atoms with Crippen LogP contribution >= 0.6 is 22.6 Å². The van der Waals surface area contributed by atoms with E-state index in [1.807, 2.05) is 22.6 Å². The van der Waals surface area contributed by atoms with Crippen molar-refractivity contribution in [1.82, 2.24) is 4.90 Å². The molecule has 1 aliphatic heterocycles. The Balaban J connectivity index is 2.66. The Morgan fingerprint density at radius 1 is 1.15 bits per heavy atom. The summed E-state index contributed by atoms with van der Waals surface area (Å²) in [5.41, 5.74) is 0.0299. The standard InChI is InChI=1S/C19H34INO5/c1-13(22)26-15(12-25-16(23)19(6,7)20)11-24-14-9-17(2,3)21(8)18(4,5)10-14/h14-15H,9-12H2,1-8H3. The first-order chi connectivity index (χ1) is 11.6. The molecule has 7 heteroatoms. The van der Waals surface area contributed by atoms with E-state index in [2.05, 4.69) is 39.6 Å². The van der Waals surface area contributed by atoms with Crippen molar-refractivity contribution in [3.8, 4) is 0 Å². The van der Waals surface area contributed by atoms with E-state index in [-0.39, 0.29) is 36.4 Å². The fraction of sp³-hybridized carbons (Fsp3) is 0.895. The number of halogens is 1. The van der Waals surface area contributed by atoms with Crippen LogP contribution in [0.2, 0.25) is 0 Å². The van der Waals surface area contributed by atoms with E-state index < -0.39 is 15.5 Å². The minimum Gasteiger partial charge on any atom is -0.461 e. The van der Waals surface area contributed by atoms with Gasteiger partial charge in [0.15, 0.2) is 6.10 Å². The summed E-state index contributed by atoms with van der Waals surface area (Å²) in [6.45, 7) is 13.9. The van der Waals surface area contributed by atoms with Crippen LogP contribution in [0.25, 0.3) is 0 Å². The third-order valence-corrected chi connectivity index (χ3v) is 5.45. The SMILES string of the molecule is CC(=O)OC(COC(=O)C(C)(C)I)COC1CC(C)(C)N(C)C(C)(C)C1. The molecule has 0 aromatic carbocycles. The molecule has 1 heterocycles. The molecule has 0 aromatic rings. The number of piperidine rings is 1. The maximum absolute atomic E-state index is 12.0. The zero-order valence-electron chi connectivity index (χ0n) is 17.3. The van der Waals surface area contributed by atoms with Gasteiger partial charge in [0, 0.05) is 18.0 Å². The lowest BCUT2D eigenvalue weighted by molar-refractivity contribution is -0.166. The van der Waals surface area contributed by atoms with Crippen molar-refractivity contribution < 1.29 is 23.8 Å². The van der Waals surface area contributed by atoms with E-state index in [0.29, 0.717) is 0 Å². The molecule has 1 rings (SSSR count). The average Bonchev–Trinajstić information content (AvgIpc) is 2.45. The Kier molecular flexibility index (Phi) is 7.93. The van der Waals surface area contributed by atoms with Crippen molar-refractivity contribution in [3.05, 3.63) is 0 Å². The van der Waals surface area contributed by atoms with Gasteiger partial charge in [-0.05, 0) is 61.4 Å². The summed E-state index contributed by atoms with van der Waals surface area (Å²) in [5.74, 6) is -0.746. The zero-order chi connectivity index (χ0) is 20.3. The van der Waals surface area contributed by atoms with E-state index in [4.69, 9.17) is 14.2 Å². The van der Waals surface area contributed by atoms with Gasteiger partial charge in [-0.15, -0.1) is 0 Å². The van der Waals surface area contributed by atoms with Gasteiger partial charge >= 0.3 is 11.9 Å². The maximum atomic E-state index is 12.0. The molecule has 1 unspecified atom stereocenters. The highest BCUT2D eigenvalue weighted by molar-refractivity contribution is 14.1. The number of esters is 2. The van der Waals surface area contributed by atoms with E-state index in [9.17, 15) is 9.59 Å². The molecule has 1 fully saturated rings. The minimum absolute atomic E-state index is 0.00422.